The molecule has 1 aromatic carbocycles. The monoisotopic (exact) mass is 383 g/mol. The first-order valence-corrected chi connectivity index (χ1v) is 8.30. The number of hydrogen-bond acceptors (Lipinski definition) is 3. The van der Waals surface area contributed by atoms with Crippen LogP contribution in [0.25, 0.3) is 10.6 Å². The van der Waals surface area contributed by atoms with Gasteiger partial charge in [0.05, 0.1) is 9.75 Å². The molecule has 1 N–H and O–H groups in total. The molecule has 136 valence electrons. The summed E-state index contributed by atoms with van der Waals surface area (Å²) in [6.07, 6.45) is -4.49. The normalized spacial score (nSPS) is 11.6. The van der Waals surface area contributed by atoms with E-state index in [9.17, 15) is 22.4 Å². The highest BCUT2D eigenvalue weighted by molar-refractivity contribution is 7.17. The zero-order valence-electron chi connectivity index (χ0n) is 13.5. The molecule has 2 heterocycles. The number of carbonyl (C=O) groups is 1. The molecule has 0 saturated carbocycles. The summed E-state index contributed by atoms with van der Waals surface area (Å²) < 4.78 is 52.2. The van der Waals surface area contributed by atoms with Gasteiger partial charge in [-0.15, -0.1) is 11.3 Å². The second kappa shape index (κ2) is 6.91. The summed E-state index contributed by atoms with van der Waals surface area (Å²) >= 11 is 1.05. The van der Waals surface area contributed by atoms with Crippen LogP contribution in [0.15, 0.2) is 42.5 Å². The van der Waals surface area contributed by atoms with E-state index in [0.717, 1.165) is 27.6 Å². The number of aryl methyl sites for hydroxylation is 1. The Hall–Kier alpha value is -2.68. The molecule has 4 nitrogen and oxygen atoms in total. The topological polar surface area (TPSA) is 46.9 Å². The van der Waals surface area contributed by atoms with Gasteiger partial charge in [-0.05, 0) is 35.9 Å². The van der Waals surface area contributed by atoms with E-state index in [2.05, 4.69) is 10.4 Å². The summed E-state index contributed by atoms with van der Waals surface area (Å²) in [5.74, 6) is -0.728. The third-order valence-electron chi connectivity index (χ3n) is 3.62. The molecule has 1 amide bonds. The van der Waals surface area contributed by atoms with E-state index in [1.54, 1.807) is 18.2 Å². The van der Waals surface area contributed by atoms with Crippen molar-refractivity contribution >= 4 is 17.2 Å². The smallest absolute Gasteiger partial charge is 0.347 e. The lowest BCUT2D eigenvalue weighted by atomic mass is 10.2. The van der Waals surface area contributed by atoms with Crippen LogP contribution in [0, 0.1) is 5.82 Å². The van der Waals surface area contributed by atoms with Crippen molar-refractivity contribution in [2.24, 2.45) is 7.05 Å². The SMILES string of the molecule is Cn1nc(-c2ccc(C(=O)NCc3ccc(F)cc3)s2)cc1C(F)(F)F. The van der Waals surface area contributed by atoms with Gasteiger partial charge in [0, 0.05) is 13.6 Å². The Bertz CT molecular complexity index is 928. The summed E-state index contributed by atoms with van der Waals surface area (Å²) in [5.41, 5.74) is 0.0293. The van der Waals surface area contributed by atoms with Crippen LogP contribution in [-0.2, 0) is 19.8 Å². The highest BCUT2D eigenvalue weighted by Crippen LogP contribution is 2.34. The number of benzene rings is 1. The van der Waals surface area contributed by atoms with Crippen LogP contribution >= 0.6 is 11.3 Å². The first-order valence-electron chi connectivity index (χ1n) is 7.48. The standard InChI is InChI=1S/C17H13F4N3OS/c1-24-15(17(19,20)21)8-12(23-24)13-6-7-14(26-13)16(25)22-9-10-2-4-11(18)5-3-10/h2-8H,9H2,1H3,(H,22,25). The van der Waals surface area contributed by atoms with Crippen molar-refractivity contribution in [3.63, 3.8) is 0 Å². The molecule has 0 fully saturated rings. The largest absolute Gasteiger partial charge is 0.433 e. The summed E-state index contributed by atoms with van der Waals surface area (Å²) in [6, 6.07) is 9.74. The van der Waals surface area contributed by atoms with E-state index < -0.39 is 11.9 Å². The number of amides is 1. The first-order chi connectivity index (χ1) is 12.2. The van der Waals surface area contributed by atoms with E-state index in [-0.39, 0.29) is 24.0 Å². The summed E-state index contributed by atoms with van der Waals surface area (Å²) in [4.78, 5) is 13.0. The molecule has 0 aliphatic heterocycles. The van der Waals surface area contributed by atoms with Crippen molar-refractivity contribution in [1.29, 1.82) is 0 Å². The lowest BCUT2D eigenvalue weighted by molar-refractivity contribution is -0.143. The fraction of sp³-hybridized carbons (Fsp3) is 0.176. The van der Waals surface area contributed by atoms with E-state index in [4.69, 9.17) is 0 Å². The van der Waals surface area contributed by atoms with E-state index in [1.807, 2.05) is 0 Å². The van der Waals surface area contributed by atoms with Gasteiger partial charge in [0.15, 0.2) is 0 Å². The average molecular weight is 383 g/mol. The molecule has 0 bridgehead atoms. The Morgan fingerprint density at radius 1 is 1.19 bits per heavy atom. The number of rotatable bonds is 4. The molecule has 0 aliphatic carbocycles. The van der Waals surface area contributed by atoms with Gasteiger partial charge in [-0.3, -0.25) is 9.48 Å². The zero-order chi connectivity index (χ0) is 18.9. The number of carbonyl (C=O) groups excluding carboxylic acids is 1. The third kappa shape index (κ3) is 3.93. The summed E-state index contributed by atoms with van der Waals surface area (Å²) in [6.45, 7) is 0.216. The van der Waals surface area contributed by atoms with Gasteiger partial charge < -0.3 is 5.32 Å². The van der Waals surface area contributed by atoms with Gasteiger partial charge in [-0.2, -0.15) is 18.3 Å². The number of nitrogens with one attached hydrogen (secondary N) is 1. The van der Waals surface area contributed by atoms with Crippen molar-refractivity contribution in [1.82, 2.24) is 15.1 Å². The Balaban J connectivity index is 1.71. The van der Waals surface area contributed by atoms with Crippen LogP contribution < -0.4 is 5.32 Å². The quantitative estimate of drug-likeness (QED) is 0.685. The summed E-state index contributed by atoms with van der Waals surface area (Å²) in [7, 11) is 1.22. The highest BCUT2D eigenvalue weighted by atomic mass is 32.1. The molecule has 3 rings (SSSR count). The van der Waals surface area contributed by atoms with Crippen LogP contribution in [0.2, 0.25) is 0 Å². The predicted molar refractivity (Wildman–Crippen MR) is 89.1 cm³/mol. The fourth-order valence-electron chi connectivity index (χ4n) is 2.32. The number of hydrogen-bond donors (Lipinski definition) is 1. The number of nitrogens with zero attached hydrogens (tertiary/aromatic N) is 2. The third-order valence-corrected chi connectivity index (χ3v) is 4.73. The molecule has 3 aromatic rings. The molecule has 9 heteroatoms. The van der Waals surface area contributed by atoms with E-state index in [1.165, 1.54) is 25.2 Å². The van der Waals surface area contributed by atoms with E-state index >= 15 is 0 Å². The summed E-state index contributed by atoms with van der Waals surface area (Å²) in [5, 5.41) is 6.55. The zero-order valence-corrected chi connectivity index (χ0v) is 14.3. The Kier molecular flexibility index (Phi) is 4.82. The van der Waals surface area contributed by atoms with E-state index in [0.29, 0.717) is 9.75 Å². The minimum atomic E-state index is -4.49. The van der Waals surface area contributed by atoms with Gasteiger partial charge in [-0.25, -0.2) is 4.39 Å². The fourth-order valence-corrected chi connectivity index (χ4v) is 3.20. The van der Waals surface area contributed by atoms with Crippen LogP contribution in [0.1, 0.15) is 20.9 Å². The maximum atomic E-state index is 12.9. The number of aromatic nitrogens is 2. The molecule has 26 heavy (non-hydrogen) atoms. The van der Waals surface area contributed by atoms with Crippen LogP contribution in [0.5, 0.6) is 0 Å². The number of alkyl halides is 3. The maximum absolute atomic E-state index is 12.9. The van der Waals surface area contributed by atoms with Crippen LogP contribution in [0.3, 0.4) is 0 Å². The molecule has 0 aliphatic rings. The molecule has 0 radical (unpaired) electrons. The lowest BCUT2D eigenvalue weighted by Crippen LogP contribution is -2.21. The van der Waals surface area contributed by atoms with Crippen LogP contribution in [0.4, 0.5) is 17.6 Å². The highest BCUT2D eigenvalue weighted by Gasteiger charge is 2.35. The minimum absolute atomic E-state index is 0.155. The number of halogens is 4. The first kappa shape index (κ1) is 18.1. The van der Waals surface area contributed by atoms with Gasteiger partial charge in [0.25, 0.3) is 5.91 Å². The number of thiophene rings is 1. The molecule has 0 saturated heterocycles. The molecule has 0 atom stereocenters. The maximum Gasteiger partial charge on any atom is 0.433 e. The van der Waals surface area contributed by atoms with Crippen molar-refractivity contribution in [3.8, 4) is 10.6 Å². The molecule has 0 spiro atoms. The molecule has 2 aromatic heterocycles. The Morgan fingerprint density at radius 3 is 2.50 bits per heavy atom. The van der Waals surface area contributed by atoms with Gasteiger partial charge in [-0.1, -0.05) is 12.1 Å². The van der Waals surface area contributed by atoms with Crippen LogP contribution in [-0.4, -0.2) is 15.7 Å². The predicted octanol–water partition coefficient (Wildman–Crippen LogP) is 4.24. The minimum Gasteiger partial charge on any atom is -0.347 e. The van der Waals surface area contributed by atoms with Crippen molar-refractivity contribution in [2.45, 2.75) is 12.7 Å². The van der Waals surface area contributed by atoms with Crippen molar-refractivity contribution in [3.05, 3.63) is 64.4 Å². The second-order valence-electron chi connectivity index (χ2n) is 5.51. The Labute approximate surface area is 150 Å². The van der Waals surface area contributed by atoms with Crippen molar-refractivity contribution in [2.75, 3.05) is 0 Å². The van der Waals surface area contributed by atoms with Gasteiger partial charge >= 0.3 is 6.18 Å². The molecular weight excluding hydrogens is 370 g/mol. The van der Waals surface area contributed by atoms with Gasteiger partial charge in [0.2, 0.25) is 0 Å². The average Bonchev–Trinajstić information content (AvgIpc) is 3.20. The van der Waals surface area contributed by atoms with Gasteiger partial charge in [0.1, 0.15) is 17.2 Å². The molecule has 0 unspecified atom stereocenters. The second-order valence-corrected chi connectivity index (χ2v) is 6.59. The lowest BCUT2D eigenvalue weighted by Gasteiger charge is -2.04. The molecular formula is C17H13F4N3OS. The van der Waals surface area contributed by atoms with Crippen molar-refractivity contribution < 1.29 is 22.4 Å². The Morgan fingerprint density at radius 2 is 1.88 bits per heavy atom.